The second-order valence-electron chi connectivity index (χ2n) is 5.44. The molecule has 2 atom stereocenters. The van der Waals surface area contributed by atoms with Gasteiger partial charge in [0.1, 0.15) is 11.6 Å². The molecule has 1 aliphatic carbocycles. The highest BCUT2D eigenvalue weighted by Gasteiger charge is 2.40. The molecule has 0 bridgehead atoms. The molecule has 6 heteroatoms. The van der Waals surface area contributed by atoms with Crippen LogP contribution in [0.3, 0.4) is 0 Å². The standard InChI is InChI=1S/C15H19N3O3/c1-3-17-15(10-16)7-6-12(9-15)21-14-5-4-11(2)8-13(14)18(19)20/h4-5,8,12,17H,3,6-7,9H2,1-2H3. The number of nitrogens with zero attached hydrogens (tertiary/aromatic N) is 2. The van der Waals surface area contributed by atoms with Gasteiger partial charge >= 0.3 is 5.69 Å². The van der Waals surface area contributed by atoms with Crippen LogP contribution in [0.4, 0.5) is 5.69 Å². The van der Waals surface area contributed by atoms with Crippen LogP contribution in [-0.4, -0.2) is 23.1 Å². The van der Waals surface area contributed by atoms with Gasteiger partial charge in [-0.2, -0.15) is 5.26 Å². The first-order valence-corrected chi connectivity index (χ1v) is 7.07. The molecule has 0 spiro atoms. The fraction of sp³-hybridized carbons (Fsp3) is 0.533. The molecule has 0 heterocycles. The zero-order valence-corrected chi connectivity index (χ0v) is 12.3. The molecule has 0 aliphatic heterocycles. The summed E-state index contributed by atoms with van der Waals surface area (Å²) in [5.74, 6) is 0.279. The van der Waals surface area contributed by atoms with Crippen molar-refractivity contribution >= 4 is 5.69 Å². The lowest BCUT2D eigenvalue weighted by Gasteiger charge is -2.21. The molecule has 2 unspecified atom stereocenters. The minimum Gasteiger partial charge on any atom is -0.483 e. The smallest absolute Gasteiger partial charge is 0.311 e. The lowest BCUT2D eigenvalue weighted by atomic mass is 10.00. The van der Waals surface area contributed by atoms with Crippen LogP contribution in [0.2, 0.25) is 0 Å². The number of ether oxygens (including phenoxy) is 1. The maximum absolute atomic E-state index is 11.1. The number of benzene rings is 1. The van der Waals surface area contributed by atoms with Crippen molar-refractivity contribution in [3.05, 3.63) is 33.9 Å². The van der Waals surface area contributed by atoms with E-state index >= 15 is 0 Å². The van der Waals surface area contributed by atoms with Gasteiger partial charge in [-0.1, -0.05) is 13.0 Å². The first kappa shape index (κ1) is 15.3. The summed E-state index contributed by atoms with van der Waals surface area (Å²) in [6, 6.07) is 7.24. The molecule has 6 nitrogen and oxygen atoms in total. The summed E-state index contributed by atoms with van der Waals surface area (Å²) >= 11 is 0. The van der Waals surface area contributed by atoms with Gasteiger partial charge in [-0.3, -0.25) is 15.4 Å². The molecule has 1 saturated carbocycles. The first-order valence-electron chi connectivity index (χ1n) is 7.07. The van der Waals surface area contributed by atoms with E-state index in [-0.39, 0.29) is 17.5 Å². The molecule has 2 rings (SSSR count). The van der Waals surface area contributed by atoms with E-state index in [1.165, 1.54) is 6.07 Å². The maximum Gasteiger partial charge on any atom is 0.311 e. The Labute approximate surface area is 123 Å². The summed E-state index contributed by atoms with van der Waals surface area (Å²) in [7, 11) is 0. The van der Waals surface area contributed by atoms with Crippen molar-refractivity contribution in [3.8, 4) is 11.8 Å². The second-order valence-corrected chi connectivity index (χ2v) is 5.44. The zero-order chi connectivity index (χ0) is 15.5. The van der Waals surface area contributed by atoms with Gasteiger partial charge in [0.05, 0.1) is 11.0 Å². The van der Waals surface area contributed by atoms with Crippen LogP contribution in [-0.2, 0) is 0 Å². The Kier molecular flexibility index (Phi) is 4.43. The minimum atomic E-state index is -0.571. The molecule has 0 aromatic heterocycles. The Morgan fingerprint density at radius 2 is 2.38 bits per heavy atom. The van der Waals surface area contributed by atoms with Gasteiger partial charge in [0.25, 0.3) is 0 Å². The number of aryl methyl sites for hydroxylation is 1. The largest absolute Gasteiger partial charge is 0.483 e. The highest BCUT2D eigenvalue weighted by atomic mass is 16.6. The highest BCUT2D eigenvalue weighted by Crippen LogP contribution is 2.35. The number of nitro groups is 1. The van der Waals surface area contributed by atoms with E-state index in [1.807, 2.05) is 6.92 Å². The van der Waals surface area contributed by atoms with E-state index < -0.39 is 10.5 Å². The van der Waals surface area contributed by atoms with Crippen LogP contribution < -0.4 is 10.1 Å². The summed E-state index contributed by atoms with van der Waals surface area (Å²) in [6.45, 7) is 4.47. The van der Waals surface area contributed by atoms with Gasteiger partial charge in [0.2, 0.25) is 0 Å². The van der Waals surface area contributed by atoms with Crippen molar-refractivity contribution in [2.24, 2.45) is 0 Å². The normalized spacial score (nSPS) is 24.5. The van der Waals surface area contributed by atoms with Crippen LogP contribution in [0.15, 0.2) is 18.2 Å². The number of hydrogen-bond donors (Lipinski definition) is 1. The van der Waals surface area contributed by atoms with Crippen LogP contribution in [0.1, 0.15) is 31.7 Å². The average Bonchev–Trinajstić information content (AvgIpc) is 2.85. The fourth-order valence-corrected chi connectivity index (χ4v) is 2.79. The Bertz CT molecular complexity index is 582. The average molecular weight is 289 g/mol. The van der Waals surface area contributed by atoms with Crippen LogP contribution in [0.5, 0.6) is 5.75 Å². The maximum atomic E-state index is 11.1. The van der Waals surface area contributed by atoms with E-state index in [2.05, 4.69) is 11.4 Å². The zero-order valence-electron chi connectivity index (χ0n) is 12.3. The van der Waals surface area contributed by atoms with Gasteiger partial charge in [-0.05, 0) is 37.9 Å². The number of nitriles is 1. The van der Waals surface area contributed by atoms with Gasteiger partial charge in [-0.25, -0.2) is 0 Å². The lowest BCUT2D eigenvalue weighted by molar-refractivity contribution is -0.386. The summed E-state index contributed by atoms with van der Waals surface area (Å²) < 4.78 is 5.79. The third-order valence-corrected chi connectivity index (χ3v) is 3.80. The van der Waals surface area contributed by atoms with E-state index in [0.717, 1.165) is 5.56 Å². The first-order chi connectivity index (χ1) is 9.99. The molecule has 0 radical (unpaired) electrons. The number of rotatable bonds is 5. The van der Waals surface area contributed by atoms with E-state index in [1.54, 1.807) is 19.1 Å². The number of hydrogen-bond acceptors (Lipinski definition) is 5. The molecule has 0 amide bonds. The molecular formula is C15H19N3O3. The van der Waals surface area contributed by atoms with Crippen LogP contribution in [0.25, 0.3) is 0 Å². The molecule has 0 saturated heterocycles. The van der Waals surface area contributed by atoms with Crippen molar-refractivity contribution < 1.29 is 9.66 Å². The summed E-state index contributed by atoms with van der Waals surface area (Å²) in [5, 5.41) is 23.6. The Balaban J connectivity index is 2.14. The predicted molar refractivity (Wildman–Crippen MR) is 78.1 cm³/mol. The van der Waals surface area contributed by atoms with E-state index in [9.17, 15) is 15.4 Å². The SMILES string of the molecule is CCNC1(C#N)CCC(Oc2ccc(C)cc2[N+](=O)[O-])C1. The molecule has 1 aromatic rings. The molecular weight excluding hydrogens is 270 g/mol. The number of nitro benzene ring substituents is 1. The van der Waals surface area contributed by atoms with Crippen molar-refractivity contribution in [1.82, 2.24) is 5.32 Å². The van der Waals surface area contributed by atoms with Crippen molar-refractivity contribution in [2.75, 3.05) is 6.54 Å². The molecule has 1 aliphatic rings. The Morgan fingerprint density at radius 1 is 1.62 bits per heavy atom. The monoisotopic (exact) mass is 289 g/mol. The third-order valence-electron chi connectivity index (χ3n) is 3.80. The van der Waals surface area contributed by atoms with Crippen molar-refractivity contribution in [3.63, 3.8) is 0 Å². The highest BCUT2D eigenvalue weighted by molar-refractivity contribution is 5.48. The van der Waals surface area contributed by atoms with Gasteiger partial charge < -0.3 is 4.74 Å². The summed E-state index contributed by atoms with van der Waals surface area (Å²) in [6.07, 6.45) is 1.78. The molecule has 1 N–H and O–H groups in total. The quantitative estimate of drug-likeness (QED) is 0.665. The third kappa shape index (κ3) is 3.31. The molecule has 112 valence electrons. The van der Waals surface area contributed by atoms with E-state index in [0.29, 0.717) is 25.8 Å². The van der Waals surface area contributed by atoms with Gasteiger partial charge in [-0.15, -0.1) is 0 Å². The molecule has 1 aromatic carbocycles. The number of nitrogens with one attached hydrogen (secondary N) is 1. The van der Waals surface area contributed by atoms with Crippen molar-refractivity contribution in [1.29, 1.82) is 5.26 Å². The van der Waals surface area contributed by atoms with Crippen LogP contribution in [0, 0.1) is 28.4 Å². The summed E-state index contributed by atoms with van der Waals surface area (Å²) in [4.78, 5) is 10.7. The van der Waals surface area contributed by atoms with Gasteiger partial charge in [0, 0.05) is 12.5 Å². The summed E-state index contributed by atoms with van der Waals surface area (Å²) in [5.41, 5.74) is 0.228. The second kappa shape index (κ2) is 6.10. The topological polar surface area (TPSA) is 88.2 Å². The molecule has 21 heavy (non-hydrogen) atoms. The van der Waals surface area contributed by atoms with E-state index in [4.69, 9.17) is 4.74 Å². The lowest BCUT2D eigenvalue weighted by Crippen LogP contribution is -2.42. The fourth-order valence-electron chi connectivity index (χ4n) is 2.79. The minimum absolute atomic E-state index is 0.0205. The Morgan fingerprint density at radius 3 is 3.00 bits per heavy atom. The van der Waals surface area contributed by atoms with Crippen LogP contribution >= 0.6 is 0 Å². The Hall–Kier alpha value is -2.13. The van der Waals surface area contributed by atoms with Crippen molar-refractivity contribution in [2.45, 2.75) is 44.8 Å². The van der Waals surface area contributed by atoms with Gasteiger partial charge in [0.15, 0.2) is 5.75 Å². The molecule has 1 fully saturated rings. The predicted octanol–water partition coefficient (Wildman–Crippen LogP) is 2.71.